The van der Waals surface area contributed by atoms with E-state index in [0.29, 0.717) is 6.54 Å². The van der Waals surface area contributed by atoms with Crippen LogP contribution in [0.4, 0.5) is 0 Å². The van der Waals surface area contributed by atoms with Gasteiger partial charge < -0.3 is 5.73 Å². The van der Waals surface area contributed by atoms with Crippen molar-refractivity contribution in [2.75, 3.05) is 0 Å². The summed E-state index contributed by atoms with van der Waals surface area (Å²) in [6.45, 7) is 2.50. The van der Waals surface area contributed by atoms with Crippen LogP contribution in [0.5, 0.6) is 0 Å². The van der Waals surface area contributed by atoms with Crippen LogP contribution in [-0.4, -0.2) is 13.4 Å². The summed E-state index contributed by atoms with van der Waals surface area (Å²) >= 11 is 1.34. The van der Waals surface area contributed by atoms with E-state index in [-0.39, 0.29) is 11.4 Å². The fourth-order valence-corrected chi connectivity index (χ4v) is 3.71. The van der Waals surface area contributed by atoms with E-state index in [2.05, 4.69) is 9.71 Å². The number of aromatic nitrogens is 1. The largest absolute Gasteiger partial charge is 0.326 e. The minimum atomic E-state index is -3.49. The van der Waals surface area contributed by atoms with Gasteiger partial charge in [-0.25, -0.2) is 13.1 Å². The third kappa shape index (κ3) is 3.38. The van der Waals surface area contributed by atoms with Crippen molar-refractivity contribution in [2.24, 2.45) is 5.73 Å². The second-order valence-electron chi connectivity index (χ2n) is 4.08. The van der Waals surface area contributed by atoms with Crippen molar-refractivity contribution < 1.29 is 8.42 Å². The van der Waals surface area contributed by atoms with Crippen molar-refractivity contribution >= 4 is 21.4 Å². The molecular formula is C12H15N3O2S2. The fraction of sp³-hybridized carbons (Fsp3) is 0.250. The molecular weight excluding hydrogens is 282 g/mol. The highest BCUT2D eigenvalue weighted by atomic mass is 32.2. The third-order valence-electron chi connectivity index (χ3n) is 2.74. The van der Waals surface area contributed by atoms with Gasteiger partial charge in [0.1, 0.15) is 0 Å². The van der Waals surface area contributed by atoms with Gasteiger partial charge in [0.2, 0.25) is 10.0 Å². The average Bonchev–Trinajstić information content (AvgIpc) is 2.87. The molecule has 0 saturated heterocycles. The first-order chi connectivity index (χ1) is 9.03. The number of nitrogens with one attached hydrogen (secondary N) is 1. The Morgan fingerprint density at radius 2 is 2.26 bits per heavy atom. The highest BCUT2D eigenvalue weighted by Crippen LogP contribution is 2.19. The first-order valence-corrected chi connectivity index (χ1v) is 8.06. The molecule has 0 aromatic carbocycles. The van der Waals surface area contributed by atoms with Crippen LogP contribution in [0.25, 0.3) is 0 Å². The highest BCUT2D eigenvalue weighted by Gasteiger charge is 2.16. The highest BCUT2D eigenvalue weighted by molar-refractivity contribution is 7.89. The van der Waals surface area contributed by atoms with Gasteiger partial charge in [-0.15, -0.1) is 11.3 Å². The van der Waals surface area contributed by atoms with Crippen molar-refractivity contribution in [3.8, 4) is 0 Å². The predicted octanol–water partition coefficient (Wildman–Crippen LogP) is 1.39. The molecule has 2 aromatic rings. The lowest BCUT2D eigenvalue weighted by Gasteiger charge is -2.07. The number of nitrogens with two attached hydrogens (primary N) is 1. The van der Waals surface area contributed by atoms with Gasteiger partial charge in [0.05, 0.1) is 4.90 Å². The smallest absolute Gasteiger partial charge is 0.241 e. The summed E-state index contributed by atoms with van der Waals surface area (Å²) in [7, 11) is -3.49. The molecule has 7 heteroatoms. The maximum atomic E-state index is 12.1. The van der Waals surface area contributed by atoms with Gasteiger partial charge in [0.15, 0.2) is 0 Å². The topological polar surface area (TPSA) is 85.1 Å². The van der Waals surface area contributed by atoms with Gasteiger partial charge in [-0.2, -0.15) is 0 Å². The SMILES string of the molecule is Cc1ccncc1CNS(=O)(=O)c1csc(CN)c1. The molecule has 0 saturated carbocycles. The standard InChI is InChI=1S/C12H15N3O2S2/c1-9-2-3-14-6-10(9)7-15-19(16,17)12-4-11(5-13)18-8-12/h2-4,6,8,15H,5,7,13H2,1H3. The van der Waals surface area contributed by atoms with Gasteiger partial charge >= 0.3 is 0 Å². The molecule has 2 heterocycles. The lowest BCUT2D eigenvalue weighted by Crippen LogP contribution is -2.23. The molecule has 0 fully saturated rings. The number of sulfonamides is 1. The summed E-state index contributed by atoms with van der Waals surface area (Å²) in [5.74, 6) is 0. The van der Waals surface area contributed by atoms with Crippen LogP contribution in [0.1, 0.15) is 16.0 Å². The predicted molar refractivity (Wildman–Crippen MR) is 75.2 cm³/mol. The lowest BCUT2D eigenvalue weighted by molar-refractivity contribution is 0.581. The third-order valence-corrected chi connectivity index (χ3v) is 5.23. The van der Waals surface area contributed by atoms with Crippen molar-refractivity contribution in [3.05, 3.63) is 45.9 Å². The first kappa shape index (κ1) is 14.1. The van der Waals surface area contributed by atoms with E-state index >= 15 is 0 Å². The molecule has 0 radical (unpaired) electrons. The van der Waals surface area contributed by atoms with Crippen LogP contribution < -0.4 is 10.5 Å². The van der Waals surface area contributed by atoms with Crippen LogP contribution in [0.15, 0.2) is 34.8 Å². The zero-order valence-electron chi connectivity index (χ0n) is 10.5. The number of hydrogen-bond donors (Lipinski definition) is 2. The Bertz CT molecular complexity index is 665. The molecule has 19 heavy (non-hydrogen) atoms. The molecule has 0 amide bonds. The minimum absolute atomic E-state index is 0.232. The number of hydrogen-bond acceptors (Lipinski definition) is 5. The second kappa shape index (κ2) is 5.79. The molecule has 0 bridgehead atoms. The Kier molecular flexibility index (Phi) is 4.31. The second-order valence-corrected chi connectivity index (χ2v) is 6.84. The number of nitrogens with zero attached hydrogens (tertiary/aromatic N) is 1. The summed E-state index contributed by atoms with van der Waals surface area (Å²) in [6.07, 6.45) is 3.34. The molecule has 5 nitrogen and oxygen atoms in total. The first-order valence-electron chi connectivity index (χ1n) is 5.69. The van der Waals surface area contributed by atoms with E-state index < -0.39 is 10.0 Å². The molecule has 0 atom stereocenters. The van der Waals surface area contributed by atoms with E-state index in [1.807, 2.05) is 13.0 Å². The molecule has 0 aliphatic rings. The lowest BCUT2D eigenvalue weighted by atomic mass is 10.2. The van der Waals surface area contributed by atoms with Gasteiger partial charge in [-0.1, -0.05) is 0 Å². The van der Waals surface area contributed by atoms with Gasteiger partial charge in [-0.05, 0) is 30.2 Å². The molecule has 0 unspecified atom stereocenters. The Balaban J connectivity index is 2.12. The number of thiophene rings is 1. The quantitative estimate of drug-likeness (QED) is 0.873. The summed E-state index contributed by atoms with van der Waals surface area (Å²) in [6, 6.07) is 3.45. The summed E-state index contributed by atoms with van der Waals surface area (Å²) in [4.78, 5) is 5.10. The Labute approximate surface area is 116 Å². The van der Waals surface area contributed by atoms with Crippen LogP contribution >= 0.6 is 11.3 Å². The Hall–Kier alpha value is -1.28. The fourth-order valence-electron chi connectivity index (χ4n) is 1.55. The number of rotatable bonds is 5. The Morgan fingerprint density at radius 3 is 2.89 bits per heavy atom. The van der Waals surface area contributed by atoms with Crippen molar-refractivity contribution in [1.82, 2.24) is 9.71 Å². The molecule has 0 spiro atoms. The molecule has 0 aliphatic carbocycles. The maximum absolute atomic E-state index is 12.1. The summed E-state index contributed by atoms with van der Waals surface area (Å²) in [5.41, 5.74) is 7.34. The van der Waals surface area contributed by atoms with Gasteiger partial charge in [0.25, 0.3) is 0 Å². The monoisotopic (exact) mass is 297 g/mol. The summed E-state index contributed by atoms with van der Waals surface area (Å²) in [5, 5.41) is 1.60. The Morgan fingerprint density at radius 1 is 1.47 bits per heavy atom. The van der Waals surface area contributed by atoms with Crippen LogP contribution in [0.3, 0.4) is 0 Å². The van der Waals surface area contributed by atoms with Crippen molar-refractivity contribution in [3.63, 3.8) is 0 Å². The van der Waals surface area contributed by atoms with Crippen LogP contribution in [0, 0.1) is 6.92 Å². The van der Waals surface area contributed by atoms with E-state index in [9.17, 15) is 8.42 Å². The normalized spacial score (nSPS) is 11.7. The number of pyridine rings is 1. The van der Waals surface area contributed by atoms with Gasteiger partial charge in [-0.3, -0.25) is 4.98 Å². The molecule has 0 aliphatic heterocycles. The van der Waals surface area contributed by atoms with Crippen molar-refractivity contribution in [1.29, 1.82) is 0 Å². The van der Waals surface area contributed by atoms with Crippen LogP contribution in [-0.2, 0) is 23.1 Å². The van der Waals surface area contributed by atoms with E-state index in [4.69, 9.17) is 5.73 Å². The zero-order chi connectivity index (χ0) is 13.9. The van der Waals surface area contributed by atoms with Gasteiger partial charge in [0, 0.05) is 35.7 Å². The maximum Gasteiger partial charge on any atom is 0.241 e. The number of aryl methyl sites for hydroxylation is 1. The molecule has 2 aromatic heterocycles. The van der Waals surface area contributed by atoms with Crippen molar-refractivity contribution in [2.45, 2.75) is 24.9 Å². The minimum Gasteiger partial charge on any atom is -0.326 e. The van der Waals surface area contributed by atoms with E-state index in [0.717, 1.165) is 16.0 Å². The molecule has 2 rings (SSSR count). The van der Waals surface area contributed by atoms with E-state index in [1.54, 1.807) is 23.8 Å². The molecule has 102 valence electrons. The van der Waals surface area contributed by atoms with Crippen LogP contribution in [0.2, 0.25) is 0 Å². The zero-order valence-corrected chi connectivity index (χ0v) is 12.1. The average molecular weight is 297 g/mol. The summed E-state index contributed by atoms with van der Waals surface area (Å²) < 4.78 is 26.7. The van der Waals surface area contributed by atoms with E-state index in [1.165, 1.54) is 11.3 Å². The molecule has 3 N–H and O–H groups in total.